The van der Waals surface area contributed by atoms with Crippen LogP contribution in [0.1, 0.15) is 0 Å². The fraction of sp³-hybridized carbons (Fsp3) is 0.333. The largest absolute Gasteiger partial charge is 0.265 e. The van der Waals surface area contributed by atoms with Gasteiger partial charge in [0.1, 0.15) is 0 Å². The van der Waals surface area contributed by atoms with Crippen LogP contribution in [-0.2, 0) is 14.3 Å². The average molecular weight is 298 g/mol. The van der Waals surface area contributed by atoms with Crippen LogP contribution in [0.15, 0.2) is 20.1 Å². The summed E-state index contributed by atoms with van der Waals surface area (Å²) in [5, 5.41) is -0.0573. The summed E-state index contributed by atoms with van der Waals surface area (Å²) in [7, 11) is -3.67. The summed E-state index contributed by atoms with van der Waals surface area (Å²) in [5.41, 5.74) is 0. The van der Waals surface area contributed by atoms with E-state index in [0.29, 0.717) is 0 Å². The molecule has 0 atom stereocenters. The van der Waals surface area contributed by atoms with Crippen molar-refractivity contribution in [3.05, 3.63) is 20.1 Å². The first-order chi connectivity index (χ1) is 6.24. The maximum absolute atomic E-state index is 10.8. The van der Waals surface area contributed by atoms with Crippen LogP contribution in [0.4, 0.5) is 0 Å². The van der Waals surface area contributed by atoms with Gasteiger partial charge in [0.2, 0.25) is 0 Å². The molecule has 80 valence electrons. The monoisotopic (exact) mass is 296 g/mol. The van der Waals surface area contributed by atoms with Gasteiger partial charge in [-0.3, -0.25) is 4.18 Å². The molecule has 0 N–H and O–H groups in total. The van der Waals surface area contributed by atoms with Crippen LogP contribution >= 0.6 is 46.4 Å². The molecule has 0 amide bonds. The highest BCUT2D eigenvalue weighted by atomic mass is 35.5. The molecule has 3 nitrogen and oxygen atoms in total. The van der Waals surface area contributed by atoms with Crippen molar-refractivity contribution in [3.63, 3.8) is 0 Å². The lowest BCUT2D eigenvalue weighted by atomic mass is 10.4. The molecule has 0 unspecified atom stereocenters. The van der Waals surface area contributed by atoms with Crippen LogP contribution in [0.5, 0.6) is 0 Å². The standard InChI is InChI=1S/C6H4Cl4O3S/c1-14(11,12)13-6-4(9)2(7)3(8)5(6)10/h6H,1H3. The van der Waals surface area contributed by atoms with Crippen LogP contribution in [0, 0.1) is 0 Å². The summed E-state index contributed by atoms with van der Waals surface area (Å²) in [6.07, 6.45) is -0.241. The van der Waals surface area contributed by atoms with E-state index >= 15 is 0 Å². The first-order valence-electron chi connectivity index (χ1n) is 3.23. The minimum absolute atomic E-state index is 0.00647. The first kappa shape index (κ1) is 12.6. The number of rotatable bonds is 2. The molecule has 0 aromatic heterocycles. The zero-order valence-electron chi connectivity index (χ0n) is 6.72. The molecule has 0 fully saturated rings. The molecule has 0 aromatic rings. The van der Waals surface area contributed by atoms with Crippen molar-refractivity contribution in [3.8, 4) is 0 Å². The van der Waals surface area contributed by atoms with E-state index in [1.165, 1.54) is 0 Å². The highest BCUT2D eigenvalue weighted by Crippen LogP contribution is 2.43. The van der Waals surface area contributed by atoms with Crippen LogP contribution in [0.2, 0.25) is 0 Å². The Morgan fingerprint density at radius 1 is 1.07 bits per heavy atom. The van der Waals surface area contributed by atoms with Crippen molar-refractivity contribution < 1.29 is 12.6 Å². The Bertz CT molecular complexity index is 398. The topological polar surface area (TPSA) is 43.4 Å². The van der Waals surface area contributed by atoms with Crippen molar-refractivity contribution >= 4 is 56.5 Å². The summed E-state index contributed by atoms with van der Waals surface area (Å²) >= 11 is 22.6. The van der Waals surface area contributed by atoms with Crippen molar-refractivity contribution in [2.75, 3.05) is 6.26 Å². The molecular weight excluding hydrogens is 294 g/mol. The van der Waals surface area contributed by atoms with E-state index in [-0.39, 0.29) is 20.1 Å². The van der Waals surface area contributed by atoms with Gasteiger partial charge >= 0.3 is 0 Å². The quantitative estimate of drug-likeness (QED) is 0.736. The molecule has 0 saturated heterocycles. The third kappa shape index (κ3) is 2.56. The molecular formula is C6H4Cl4O3S. The molecule has 0 heterocycles. The van der Waals surface area contributed by atoms with Crippen LogP contribution < -0.4 is 0 Å². The SMILES string of the molecule is CS(=O)(=O)OC1C(Cl)=C(Cl)C(Cl)=C1Cl. The molecule has 8 heteroatoms. The molecule has 1 rings (SSSR count). The third-order valence-electron chi connectivity index (χ3n) is 1.34. The predicted molar refractivity (Wildman–Crippen MR) is 57.2 cm³/mol. The van der Waals surface area contributed by atoms with E-state index in [9.17, 15) is 8.42 Å². The van der Waals surface area contributed by atoms with Crippen LogP contribution in [0.3, 0.4) is 0 Å². The van der Waals surface area contributed by atoms with E-state index in [4.69, 9.17) is 46.4 Å². The Hall–Kier alpha value is 0.550. The normalized spacial score (nSPS) is 19.8. The lowest BCUT2D eigenvalue weighted by Crippen LogP contribution is -2.16. The predicted octanol–water partition coefficient (Wildman–Crippen LogP) is 2.72. The van der Waals surface area contributed by atoms with Gasteiger partial charge < -0.3 is 0 Å². The lowest BCUT2D eigenvalue weighted by molar-refractivity contribution is 0.297. The summed E-state index contributed by atoms with van der Waals surface area (Å²) in [6, 6.07) is 0. The minimum Gasteiger partial charge on any atom is -0.255 e. The maximum Gasteiger partial charge on any atom is 0.265 e. The van der Waals surface area contributed by atoms with Crippen LogP contribution in [0.25, 0.3) is 0 Å². The van der Waals surface area contributed by atoms with E-state index < -0.39 is 16.2 Å². The molecule has 0 bridgehead atoms. The van der Waals surface area contributed by atoms with E-state index in [0.717, 1.165) is 6.26 Å². The second-order valence-corrected chi connectivity index (χ2v) is 5.68. The van der Waals surface area contributed by atoms with Crippen molar-refractivity contribution in [2.45, 2.75) is 6.10 Å². The molecule has 0 saturated carbocycles. The zero-order chi connectivity index (χ0) is 11.1. The maximum atomic E-state index is 10.8. The molecule has 0 aliphatic heterocycles. The number of hydrogen-bond donors (Lipinski definition) is 0. The van der Waals surface area contributed by atoms with Gasteiger partial charge in [0.15, 0.2) is 6.10 Å². The third-order valence-corrected chi connectivity index (χ3v) is 3.74. The fourth-order valence-electron chi connectivity index (χ4n) is 0.810. The van der Waals surface area contributed by atoms with Gasteiger partial charge in [0, 0.05) is 0 Å². The molecule has 1 aliphatic rings. The Kier molecular flexibility index (Phi) is 3.78. The Morgan fingerprint density at radius 3 is 1.71 bits per heavy atom. The summed E-state index contributed by atoms with van der Waals surface area (Å²) < 4.78 is 26.2. The van der Waals surface area contributed by atoms with E-state index in [1.807, 2.05) is 0 Å². The van der Waals surface area contributed by atoms with Gasteiger partial charge in [-0.2, -0.15) is 8.42 Å². The van der Waals surface area contributed by atoms with E-state index in [2.05, 4.69) is 4.18 Å². The molecule has 0 radical (unpaired) electrons. The summed E-state index contributed by atoms with van der Waals surface area (Å²) in [4.78, 5) is 0. The number of halogens is 4. The smallest absolute Gasteiger partial charge is 0.255 e. The van der Waals surface area contributed by atoms with Gasteiger partial charge in [-0.1, -0.05) is 46.4 Å². The van der Waals surface area contributed by atoms with Crippen LogP contribution in [-0.4, -0.2) is 20.8 Å². The van der Waals surface area contributed by atoms with Crippen molar-refractivity contribution in [1.29, 1.82) is 0 Å². The Morgan fingerprint density at radius 2 is 1.43 bits per heavy atom. The molecule has 0 spiro atoms. The summed E-state index contributed by atoms with van der Waals surface area (Å²) in [6.45, 7) is 0. The number of allylic oxidation sites excluding steroid dienone is 2. The lowest BCUT2D eigenvalue weighted by Gasteiger charge is -2.09. The highest BCUT2D eigenvalue weighted by molar-refractivity contribution is 7.86. The molecule has 1 aliphatic carbocycles. The second kappa shape index (κ2) is 4.20. The van der Waals surface area contributed by atoms with Gasteiger partial charge in [0.25, 0.3) is 10.1 Å². The highest BCUT2D eigenvalue weighted by Gasteiger charge is 2.34. The summed E-state index contributed by atoms with van der Waals surface area (Å²) in [5.74, 6) is 0. The second-order valence-electron chi connectivity index (χ2n) is 2.50. The first-order valence-corrected chi connectivity index (χ1v) is 6.56. The fourth-order valence-corrected chi connectivity index (χ4v) is 2.51. The molecule has 0 aromatic carbocycles. The van der Waals surface area contributed by atoms with Gasteiger partial charge in [-0.15, -0.1) is 0 Å². The Balaban J connectivity index is 3.05. The average Bonchev–Trinajstić information content (AvgIpc) is 2.20. The van der Waals surface area contributed by atoms with Gasteiger partial charge in [-0.05, 0) is 0 Å². The van der Waals surface area contributed by atoms with Crippen molar-refractivity contribution in [1.82, 2.24) is 0 Å². The van der Waals surface area contributed by atoms with Crippen molar-refractivity contribution in [2.24, 2.45) is 0 Å². The Labute approximate surface area is 101 Å². The van der Waals surface area contributed by atoms with E-state index in [1.54, 1.807) is 0 Å². The van der Waals surface area contributed by atoms with Gasteiger partial charge in [-0.25, -0.2) is 0 Å². The zero-order valence-corrected chi connectivity index (χ0v) is 10.6. The minimum atomic E-state index is -3.67. The number of hydrogen-bond acceptors (Lipinski definition) is 3. The van der Waals surface area contributed by atoms with Gasteiger partial charge in [0.05, 0.1) is 26.4 Å². The molecule has 14 heavy (non-hydrogen) atoms.